The van der Waals surface area contributed by atoms with Gasteiger partial charge in [-0.3, -0.25) is 4.90 Å². The summed E-state index contributed by atoms with van der Waals surface area (Å²) in [5.74, 6) is -2.10. The molecule has 0 aromatic heterocycles. The van der Waals surface area contributed by atoms with Gasteiger partial charge in [-0.1, -0.05) is 6.92 Å². The third-order valence-corrected chi connectivity index (χ3v) is 5.94. The predicted octanol–water partition coefficient (Wildman–Crippen LogP) is 1.66. The smallest absolute Gasteiger partial charge is 0.407 e. The van der Waals surface area contributed by atoms with Crippen LogP contribution in [0.4, 0.5) is 4.79 Å². The molecule has 7 heteroatoms. The number of likely N-dealkylation sites (tertiary alicyclic amines) is 1. The lowest BCUT2D eigenvalue weighted by Crippen LogP contribution is -2.72. The fourth-order valence-electron chi connectivity index (χ4n) is 3.97. The number of hydrogen-bond donors (Lipinski definition) is 1. The summed E-state index contributed by atoms with van der Waals surface area (Å²) >= 11 is 0. The van der Waals surface area contributed by atoms with Gasteiger partial charge in [0.1, 0.15) is 6.10 Å². The van der Waals surface area contributed by atoms with Gasteiger partial charge in [0.15, 0.2) is 0 Å². The van der Waals surface area contributed by atoms with Crippen molar-refractivity contribution < 1.29 is 28.8 Å². The number of piperidine rings is 1. The van der Waals surface area contributed by atoms with E-state index >= 15 is 0 Å². The number of methoxy groups -OCH3 is 2. The molecular formula is C15H25NO6. The molecule has 0 radical (unpaired) electrons. The van der Waals surface area contributed by atoms with E-state index in [1.54, 1.807) is 21.0 Å². The van der Waals surface area contributed by atoms with Crippen molar-refractivity contribution in [3.63, 3.8) is 0 Å². The van der Waals surface area contributed by atoms with Gasteiger partial charge in [-0.15, -0.1) is 0 Å². The molecule has 1 spiro atoms. The highest BCUT2D eigenvalue weighted by molar-refractivity contribution is 5.67. The Morgan fingerprint density at radius 1 is 1.18 bits per heavy atom. The maximum Gasteiger partial charge on any atom is 0.407 e. The highest BCUT2D eigenvalue weighted by Gasteiger charge is 2.66. The molecule has 3 rings (SSSR count). The number of fused-ring (bicyclic) bond motifs is 1. The molecule has 2 heterocycles. The van der Waals surface area contributed by atoms with Gasteiger partial charge in [0.2, 0.25) is 11.6 Å². The number of hydrogen-bond acceptors (Lipinski definition) is 5. The van der Waals surface area contributed by atoms with Crippen molar-refractivity contribution in [2.75, 3.05) is 20.8 Å². The van der Waals surface area contributed by atoms with Gasteiger partial charge in [-0.25, -0.2) is 4.79 Å². The topological polar surface area (TPSA) is 77.5 Å². The van der Waals surface area contributed by atoms with Gasteiger partial charge in [0.05, 0.1) is 18.2 Å². The number of ether oxygens (including phenoxy) is 4. The first-order valence-corrected chi connectivity index (χ1v) is 7.69. The summed E-state index contributed by atoms with van der Waals surface area (Å²) in [6.45, 7) is 5.88. The van der Waals surface area contributed by atoms with Crippen molar-refractivity contribution in [2.45, 2.75) is 62.9 Å². The van der Waals surface area contributed by atoms with E-state index in [2.05, 4.69) is 0 Å². The molecule has 1 amide bonds. The summed E-state index contributed by atoms with van der Waals surface area (Å²) in [5.41, 5.74) is -0.314. The molecule has 2 aliphatic heterocycles. The van der Waals surface area contributed by atoms with Crippen LogP contribution in [0.1, 0.15) is 33.6 Å². The van der Waals surface area contributed by atoms with E-state index in [0.717, 1.165) is 12.8 Å². The summed E-state index contributed by atoms with van der Waals surface area (Å²) in [6.07, 6.45) is 0.263. The Labute approximate surface area is 130 Å². The number of carboxylic acid groups (broad SMARTS) is 1. The van der Waals surface area contributed by atoms with Crippen LogP contribution in [0, 0.1) is 5.92 Å². The minimum Gasteiger partial charge on any atom is -0.465 e. The third-order valence-electron chi connectivity index (χ3n) is 5.94. The molecule has 22 heavy (non-hydrogen) atoms. The Balaban J connectivity index is 1.92. The van der Waals surface area contributed by atoms with Crippen LogP contribution in [0.25, 0.3) is 0 Å². The lowest BCUT2D eigenvalue weighted by Gasteiger charge is -2.57. The van der Waals surface area contributed by atoms with Crippen LogP contribution in [-0.4, -0.2) is 66.2 Å². The molecule has 0 aromatic rings. The van der Waals surface area contributed by atoms with Gasteiger partial charge in [-0.2, -0.15) is 0 Å². The fraction of sp³-hybridized carbons (Fsp3) is 0.933. The Hall–Kier alpha value is -0.890. The third kappa shape index (κ3) is 1.92. The van der Waals surface area contributed by atoms with Crippen molar-refractivity contribution in [3.05, 3.63) is 0 Å². The first-order valence-electron chi connectivity index (χ1n) is 7.69. The zero-order chi connectivity index (χ0) is 16.3. The number of amides is 1. The van der Waals surface area contributed by atoms with Gasteiger partial charge in [-0.05, 0) is 26.7 Å². The Morgan fingerprint density at radius 3 is 2.18 bits per heavy atom. The summed E-state index contributed by atoms with van der Waals surface area (Å²) in [6, 6.07) is 0. The Morgan fingerprint density at radius 2 is 1.73 bits per heavy atom. The molecule has 5 unspecified atom stereocenters. The van der Waals surface area contributed by atoms with E-state index in [4.69, 9.17) is 18.9 Å². The molecule has 1 saturated carbocycles. The molecule has 0 aromatic carbocycles. The van der Waals surface area contributed by atoms with Crippen LogP contribution in [0.15, 0.2) is 0 Å². The van der Waals surface area contributed by atoms with Crippen molar-refractivity contribution >= 4 is 6.09 Å². The molecule has 3 aliphatic rings. The van der Waals surface area contributed by atoms with Crippen molar-refractivity contribution in [1.29, 1.82) is 0 Å². The summed E-state index contributed by atoms with van der Waals surface area (Å²) in [4.78, 5) is 13.1. The summed E-state index contributed by atoms with van der Waals surface area (Å²) < 4.78 is 23.4. The molecule has 2 saturated heterocycles. The highest BCUT2D eigenvalue weighted by Crippen LogP contribution is 2.55. The second-order valence-corrected chi connectivity index (χ2v) is 6.82. The van der Waals surface area contributed by atoms with E-state index in [9.17, 15) is 9.90 Å². The lowest BCUT2D eigenvalue weighted by atomic mass is 9.82. The van der Waals surface area contributed by atoms with Gasteiger partial charge in [0.25, 0.3) is 0 Å². The average Bonchev–Trinajstić information content (AvgIpc) is 3.27. The monoisotopic (exact) mass is 315 g/mol. The standard InChI is InChI=1S/C15H25NO6/c1-9-11-10(8-16(12(17)18)15(9)6-7-15)21-13(2,19-4)14(3,20-5)22-11/h9-11H,6-8H2,1-5H3,(H,17,18). The normalized spacial score (nSPS) is 46.4. The van der Waals surface area contributed by atoms with E-state index in [1.165, 1.54) is 12.0 Å². The molecule has 5 atom stereocenters. The van der Waals surface area contributed by atoms with E-state index in [1.807, 2.05) is 6.92 Å². The fourth-order valence-corrected chi connectivity index (χ4v) is 3.97. The minimum atomic E-state index is -1.10. The van der Waals surface area contributed by atoms with Crippen LogP contribution in [0.2, 0.25) is 0 Å². The summed E-state index contributed by atoms with van der Waals surface area (Å²) in [5, 5.41) is 9.53. The van der Waals surface area contributed by atoms with E-state index in [0.29, 0.717) is 6.54 Å². The zero-order valence-electron chi connectivity index (χ0n) is 13.8. The maximum absolute atomic E-state index is 11.6. The number of rotatable bonds is 2. The quantitative estimate of drug-likeness (QED) is 0.835. The van der Waals surface area contributed by atoms with Crippen LogP contribution < -0.4 is 0 Å². The second kappa shape index (κ2) is 4.80. The van der Waals surface area contributed by atoms with Crippen molar-refractivity contribution in [1.82, 2.24) is 4.90 Å². The van der Waals surface area contributed by atoms with Gasteiger partial charge >= 0.3 is 6.09 Å². The van der Waals surface area contributed by atoms with E-state index in [-0.39, 0.29) is 23.7 Å². The Bertz CT molecular complexity index is 481. The largest absolute Gasteiger partial charge is 0.465 e. The van der Waals surface area contributed by atoms with Crippen molar-refractivity contribution in [3.8, 4) is 0 Å². The van der Waals surface area contributed by atoms with Crippen molar-refractivity contribution in [2.24, 2.45) is 5.92 Å². The maximum atomic E-state index is 11.6. The first kappa shape index (κ1) is 16.0. The summed E-state index contributed by atoms with van der Waals surface area (Å²) in [7, 11) is 3.09. The number of carbonyl (C=O) groups is 1. The lowest BCUT2D eigenvalue weighted by molar-refractivity contribution is -0.457. The van der Waals surface area contributed by atoms with Gasteiger partial charge in [0, 0.05) is 20.1 Å². The average molecular weight is 315 g/mol. The SMILES string of the molecule is COC1(C)OC2CN(C(=O)O)C3(CC3)C(C)C2OC1(C)OC. The zero-order valence-corrected chi connectivity index (χ0v) is 13.8. The molecule has 1 N–H and O–H groups in total. The van der Waals surface area contributed by atoms with Crippen LogP contribution >= 0.6 is 0 Å². The van der Waals surface area contributed by atoms with Crippen LogP contribution in [0.3, 0.4) is 0 Å². The van der Waals surface area contributed by atoms with Crippen LogP contribution in [-0.2, 0) is 18.9 Å². The first-order chi connectivity index (χ1) is 10.2. The van der Waals surface area contributed by atoms with Crippen LogP contribution in [0.5, 0.6) is 0 Å². The Kier molecular flexibility index (Phi) is 3.49. The predicted molar refractivity (Wildman–Crippen MR) is 76.4 cm³/mol. The molecular weight excluding hydrogens is 290 g/mol. The van der Waals surface area contributed by atoms with E-state index < -0.39 is 17.7 Å². The highest BCUT2D eigenvalue weighted by atomic mass is 16.8. The molecule has 7 nitrogen and oxygen atoms in total. The molecule has 0 bridgehead atoms. The molecule has 3 fully saturated rings. The van der Waals surface area contributed by atoms with Gasteiger partial charge < -0.3 is 24.1 Å². The second-order valence-electron chi connectivity index (χ2n) is 6.82. The number of nitrogens with zero attached hydrogens (tertiary/aromatic N) is 1. The molecule has 126 valence electrons. The molecule has 1 aliphatic carbocycles. The minimum absolute atomic E-state index is 0.0400.